The van der Waals surface area contributed by atoms with E-state index in [1.165, 1.54) is 11.3 Å². The van der Waals surface area contributed by atoms with Crippen LogP contribution in [0.15, 0.2) is 30.5 Å². The van der Waals surface area contributed by atoms with Gasteiger partial charge < -0.3 is 4.74 Å². The summed E-state index contributed by atoms with van der Waals surface area (Å²) in [5.74, 6) is 0.430. The van der Waals surface area contributed by atoms with E-state index in [0.717, 1.165) is 26.9 Å². The van der Waals surface area contributed by atoms with Crippen molar-refractivity contribution in [1.82, 2.24) is 19.7 Å². The summed E-state index contributed by atoms with van der Waals surface area (Å²) in [4.78, 5) is 21.4. The smallest absolute Gasteiger partial charge is 0.259 e. The predicted molar refractivity (Wildman–Crippen MR) is 97.4 cm³/mol. The monoisotopic (exact) mass is 353 g/mol. The Balaban J connectivity index is 1.67. The SMILES string of the molecule is COc1cccc2sc(NC(=O)c3cnc4c(c3)c(C)nn4C)nc12. The summed E-state index contributed by atoms with van der Waals surface area (Å²) in [6.07, 6.45) is 1.55. The molecule has 8 heteroatoms. The molecule has 0 bridgehead atoms. The van der Waals surface area contributed by atoms with E-state index in [4.69, 9.17) is 4.74 Å². The van der Waals surface area contributed by atoms with Crippen molar-refractivity contribution in [2.24, 2.45) is 7.05 Å². The first-order valence-corrected chi connectivity index (χ1v) is 8.42. The van der Waals surface area contributed by atoms with Gasteiger partial charge in [0.05, 0.1) is 23.1 Å². The lowest BCUT2D eigenvalue weighted by Gasteiger charge is -2.02. The summed E-state index contributed by atoms with van der Waals surface area (Å²) >= 11 is 1.40. The number of methoxy groups -OCH3 is 1. The number of amides is 1. The number of hydrogen-bond donors (Lipinski definition) is 1. The summed E-state index contributed by atoms with van der Waals surface area (Å²) in [6.45, 7) is 1.89. The largest absolute Gasteiger partial charge is 0.494 e. The molecule has 0 unspecified atom stereocenters. The van der Waals surface area contributed by atoms with Crippen LogP contribution in [0.4, 0.5) is 5.13 Å². The van der Waals surface area contributed by atoms with Gasteiger partial charge in [-0.3, -0.25) is 14.8 Å². The van der Waals surface area contributed by atoms with Gasteiger partial charge in [-0.05, 0) is 25.1 Å². The molecule has 1 aromatic carbocycles. The summed E-state index contributed by atoms with van der Waals surface area (Å²) in [6, 6.07) is 7.48. The number of nitrogens with zero attached hydrogens (tertiary/aromatic N) is 4. The van der Waals surface area contributed by atoms with Gasteiger partial charge in [0, 0.05) is 18.6 Å². The second-order valence-electron chi connectivity index (χ2n) is 5.58. The summed E-state index contributed by atoms with van der Waals surface area (Å²) < 4.78 is 7.96. The van der Waals surface area contributed by atoms with Crippen LogP contribution < -0.4 is 10.1 Å². The Morgan fingerprint density at radius 2 is 2.20 bits per heavy atom. The maximum atomic E-state index is 12.6. The van der Waals surface area contributed by atoms with Gasteiger partial charge >= 0.3 is 0 Å². The molecule has 3 aromatic heterocycles. The third-order valence-electron chi connectivity index (χ3n) is 3.95. The van der Waals surface area contributed by atoms with Crippen LogP contribution in [-0.4, -0.2) is 32.8 Å². The van der Waals surface area contributed by atoms with Gasteiger partial charge in [0.1, 0.15) is 11.3 Å². The minimum atomic E-state index is -0.254. The molecule has 0 radical (unpaired) electrons. The van der Waals surface area contributed by atoms with Gasteiger partial charge in [-0.1, -0.05) is 17.4 Å². The highest BCUT2D eigenvalue weighted by Gasteiger charge is 2.15. The number of aromatic nitrogens is 4. The van der Waals surface area contributed by atoms with Gasteiger partial charge in [-0.25, -0.2) is 9.97 Å². The minimum absolute atomic E-state index is 0.254. The lowest BCUT2D eigenvalue weighted by molar-refractivity contribution is 0.102. The molecule has 0 saturated carbocycles. The number of benzene rings is 1. The number of aryl methyl sites for hydroxylation is 2. The molecule has 0 atom stereocenters. The van der Waals surface area contributed by atoms with Crippen LogP contribution in [0.3, 0.4) is 0 Å². The Morgan fingerprint density at radius 3 is 3.00 bits per heavy atom. The lowest BCUT2D eigenvalue weighted by atomic mass is 10.2. The fourth-order valence-electron chi connectivity index (χ4n) is 2.74. The molecule has 4 rings (SSSR count). The molecule has 0 spiro atoms. The van der Waals surface area contributed by atoms with E-state index in [-0.39, 0.29) is 5.91 Å². The predicted octanol–water partition coefficient (Wildman–Crippen LogP) is 3.15. The standard InChI is InChI=1S/C17H15N5O2S/c1-9-11-7-10(8-18-15(11)22(2)21-9)16(23)20-17-19-14-12(24-3)5-4-6-13(14)25-17/h4-8H,1-3H3,(H,19,20,23). The number of carbonyl (C=O) groups excluding carboxylic acids is 1. The van der Waals surface area contributed by atoms with E-state index < -0.39 is 0 Å². The highest BCUT2D eigenvalue weighted by Crippen LogP contribution is 2.32. The average molecular weight is 353 g/mol. The number of fused-ring (bicyclic) bond motifs is 2. The summed E-state index contributed by atoms with van der Waals surface area (Å²) in [5, 5.41) is 8.54. The Kier molecular flexibility index (Phi) is 3.61. The van der Waals surface area contributed by atoms with E-state index in [9.17, 15) is 4.79 Å². The zero-order valence-electron chi connectivity index (χ0n) is 13.9. The molecule has 7 nitrogen and oxygen atoms in total. The van der Waals surface area contributed by atoms with Crippen LogP contribution in [0.2, 0.25) is 0 Å². The zero-order valence-corrected chi connectivity index (χ0v) is 14.7. The molecule has 126 valence electrons. The number of para-hydroxylation sites is 1. The summed E-state index contributed by atoms with van der Waals surface area (Å²) in [5.41, 5.74) is 2.79. The molecular weight excluding hydrogens is 338 g/mol. The second kappa shape index (κ2) is 5.82. The number of hydrogen-bond acceptors (Lipinski definition) is 6. The quantitative estimate of drug-likeness (QED) is 0.612. The number of pyridine rings is 1. The lowest BCUT2D eigenvalue weighted by Crippen LogP contribution is -2.12. The van der Waals surface area contributed by atoms with Crippen molar-refractivity contribution in [2.45, 2.75) is 6.92 Å². The first-order chi connectivity index (χ1) is 12.1. The zero-order chi connectivity index (χ0) is 17.6. The molecule has 4 aromatic rings. The van der Waals surface area contributed by atoms with Crippen LogP contribution in [0.5, 0.6) is 5.75 Å². The van der Waals surface area contributed by atoms with Crippen molar-refractivity contribution >= 4 is 43.6 Å². The summed E-state index contributed by atoms with van der Waals surface area (Å²) in [7, 11) is 3.43. The van der Waals surface area contributed by atoms with Crippen LogP contribution in [0, 0.1) is 6.92 Å². The van der Waals surface area contributed by atoms with Crippen molar-refractivity contribution < 1.29 is 9.53 Å². The highest BCUT2D eigenvalue weighted by atomic mass is 32.1. The molecular formula is C17H15N5O2S. The highest BCUT2D eigenvalue weighted by molar-refractivity contribution is 7.22. The van der Waals surface area contributed by atoms with Gasteiger partial charge in [0.25, 0.3) is 5.91 Å². The maximum Gasteiger partial charge on any atom is 0.259 e. The van der Waals surface area contributed by atoms with E-state index >= 15 is 0 Å². The van der Waals surface area contributed by atoms with Crippen molar-refractivity contribution in [3.63, 3.8) is 0 Å². The fraction of sp³-hybridized carbons (Fsp3) is 0.176. The maximum absolute atomic E-state index is 12.6. The topological polar surface area (TPSA) is 81.9 Å². The van der Waals surface area contributed by atoms with Crippen molar-refractivity contribution in [1.29, 1.82) is 0 Å². The molecule has 1 N–H and O–H groups in total. The Hall–Kier alpha value is -3.00. The van der Waals surface area contributed by atoms with Crippen LogP contribution >= 0.6 is 11.3 Å². The Morgan fingerprint density at radius 1 is 1.36 bits per heavy atom. The van der Waals surface area contributed by atoms with Crippen LogP contribution in [-0.2, 0) is 7.05 Å². The third kappa shape index (κ3) is 2.60. The minimum Gasteiger partial charge on any atom is -0.494 e. The molecule has 0 fully saturated rings. The van der Waals surface area contributed by atoms with Gasteiger partial charge in [0.15, 0.2) is 10.8 Å². The number of nitrogens with one attached hydrogen (secondary N) is 1. The van der Waals surface area contributed by atoms with Gasteiger partial charge in [-0.2, -0.15) is 5.10 Å². The van der Waals surface area contributed by atoms with Crippen molar-refractivity contribution in [3.05, 3.63) is 41.7 Å². The number of anilines is 1. The van der Waals surface area contributed by atoms with E-state index in [1.54, 1.807) is 24.1 Å². The number of thiazole rings is 1. The second-order valence-corrected chi connectivity index (χ2v) is 6.61. The Bertz CT molecular complexity index is 1120. The molecule has 1 amide bonds. The van der Waals surface area contributed by atoms with Crippen molar-refractivity contribution in [3.8, 4) is 5.75 Å². The van der Waals surface area contributed by atoms with Gasteiger partial charge in [-0.15, -0.1) is 0 Å². The first kappa shape index (κ1) is 15.5. The molecule has 0 aliphatic heterocycles. The van der Waals surface area contributed by atoms with Gasteiger partial charge in [0.2, 0.25) is 0 Å². The number of rotatable bonds is 3. The first-order valence-electron chi connectivity index (χ1n) is 7.61. The molecule has 0 aliphatic carbocycles. The van der Waals surface area contributed by atoms with Crippen LogP contribution in [0.25, 0.3) is 21.3 Å². The molecule has 0 saturated heterocycles. The van der Waals surface area contributed by atoms with Crippen molar-refractivity contribution in [2.75, 3.05) is 12.4 Å². The van der Waals surface area contributed by atoms with E-state index in [2.05, 4.69) is 20.4 Å². The normalized spacial score (nSPS) is 11.2. The van der Waals surface area contributed by atoms with Crippen LogP contribution in [0.1, 0.15) is 16.1 Å². The fourth-order valence-corrected chi connectivity index (χ4v) is 3.62. The number of carbonyl (C=O) groups is 1. The third-order valence-corrected chi connectivity index (χ3v) is 4.88. The molecule has 0 aliphatic rings. The Labute approximate surface area is 147 Å². The van der Waals surface area contributed by atoms with E-state index in [0.29, 0.717) is 16.4 Å². The average Bonchev–Trinajstić information content (AvgIpc) is 3.14. The van der Waals surface area contributed by atoms with E-state index in [1.807, 2.05) is 32.2 Å². The molecule has 3 heterocycles. The molecule has 25 heavy (non-hydrogen) atoms. The number of ether oxygens (including phenoxy) is 1.